The second-order valence-electron chi connectivity index (χ2n) is 4.73. The standard InChI is InChI=1S/C13H21N5O2/c1-4-17-9(7-6-8-14)15-11-10(17)12(19)16(3)13(20)18(11)5-2/h4-8,14H2,1-3H3. The molecule has 7 heteroatoms. The predicted octanol–water partition coefficient (Wildman–Crippen LogP) is -0.172. The van der Waals surface area contributed by atoms with E-state index in [9.17, 15) is 9.59 Å². The van der Waals surface area contributed by atoms with Gasteiger partial charge in [-0.1, -0.05) is 0 Å². The third-order valence-corrected chi connectivity index (χ3v) is 3.55. The molecule has 0 saturated heterocycles. The molecule has 0 bridgehead atoms. The van der Waals surface area contributed by atoms with Crippen molar-refractivity contribution in [1.29, 1.82) is 0 Å². The summed E-state index contributed by atoms with van der Waals surface area (Å²) in [4.78, 5) is 29.0. The quantitative estimate of drug-likeness (QED) is 0.823. The van der Waals surface area contributed by atoms with Crippen molar-refractivity contribution in [1.82, 2.24) is 18.7 Å². The summed E-state index contributed by atoms with van der Waals surface area (Å²) in [7, 11) is 1.50. The van der Waals surface area contributed by atoms with Crippen LogP contribution in [0.5, 0.6) is 0 Å². The van der Waals surface area contributed by atoms with Crippen LogP contribution in [0, 0.1) is 0 Å². The molecule has 0 saturated carbocycles. The highest BCUT2D eigenvalue weighted by atomic mass is 16.2. The fourth-order valence-corrected chi connectivity index (χ4v) is 2.48. The minimum Gasteiger partial charge on any atom is -0.330 e. The lowest BCUT2D eigenvalue weighted by molar-refractivity contribution is 0.648. The summed E-state index contributed by atoms with van der Waals surface area (Å²) in [5.41, 5.74) is 5.91. The molecule has 0 aromatic carbocycles. The minimum atomic E-state index is -0.323. The van der Waals surface area contributed by atoms with E-state index in [1.165, 1.54) is 11.6 Å². The van der Waals surface area contributed by atoms with Crippen LogP contribution in [0.25, 0.3) is 11.2 Å². The summed E-state index contributed by atoms with van der Waals surface area (Å²) in [5.74, 6) is 0.817. The summed E-state index contributed by atoms with van der Waals surface area (Å²) >= 11 is 0. The highest BCUT2D eigenvalue weighted by Crippen LogP contribution is 2.13. The van der Waals surface area contributed by atoms with Crippen LogP contribution in [0.15, 0.2) is 9.59 Å². The van der Waals surface area contributed by atoms with Crippen LogP contribution in [0.1, 0.15) is 26.1 Å². The second-order valence-corrected chi connectivity index (χ2v) is 4.73. The lowest BCUT2D eigenvalue weighted by Crippen LogP contribution is -2.38. The van der Waals surface area contributed by atoms with Crippen LogP contribution in [0.4, 0.5) is 0 Å². The average molecular weight is 279 g/mol. The van der Waals surface area contributed by atoms with Crippen molar-refractivity contribution in [2.75, 3.05) is 6.54 Å². The number of hydrogen-bond acceptors (Lipinski definition) is 4. The monoisotopic (exact) mass is 279 g/mol. The topological polar surface area (TPSA) is 87.8 Å². The third kappa shape index (κ3) is 2.07. The van der Waals surface area contributed by atoms with Crippen molar-refractivity contribution in [2.24, 2.45) is 12.8 Å². The van der Waals surface area contributed by atoms with Crippen LogP contribution in [0.3, 0.4) is 0 Å². The maximum absolute atomic E-state index is 12.3. The maximum Gasteiger partial charge on any atom is 0.332 e. The second kappa shape index (κ2) is 5.62. The number of aryl methyl sites for hydroxylation is 3. The molecule has 0 unspecified atom stereocenters. The van der Waals surface area contributed by atoms with Gasteiger partial charge in [0.2, 0.25) is 0 Å². The zero-order valence-electron chi connectivity index (χ0n) is 12.2. The van der Waals surface area contributed by atoms with Gasteiger partial charge in [-0.3, -0.25) is 13.9 Å². The molecule has 0 aliphatic carbocycles. The number of nitrogens with zero attached hydrogens (tertiary/aromatic N) is 4. The molecule has 2 aromatic rings. The van der Waals surface area contributed by atoms with Gasteiger partial charge >= 0.3 is 5.69 Å². The molecule has 110 valence electrons. The number of rotatable bonds is 5. The first kappa shape index (κ1) is 14.5. The first-order valence-corrected chi connectivity index (χ1v) is 6.95. The smallest absolute Gasteiger partial charge is 0.330 e. The van der Waals surface area contributed by atoms with Crippen LogP contribution in [-0.4, -0.2) is 25.2 Å². The summed E-state index contributed by atoms with van der Waals surface area (Å²) in [6, 6.07) is 0. The van der Waals surface area contributed by atoms with Gasteiger partial charge in [0.25, 0.3) is 5.56 Å². The zero-order chi connectivity index (χ0) is 14.9. The van der Waals surface area contributed by atoms with E-state index in [2.05, 4.69) is 4.98 Å². The van der Waals surface area contributed by atoms with Crippen LogP contribution < -0.4 is 17.0 Å². The highest BCUT2D eigenvalue weighted by molar-refractivity contribution is 5.71. The van der Waals surface area contributed by atoms with Crippen LogP contribution in [0.2, 0.25) is 0 Å². The van der Waals surface area contributed by atoms with Gasteiger partial charge in [-0.2, -0.15) is 0 Å². The summed E-state index contributed by atoms with van der Waals surface area (Å²) in [6.07, 6.45) is 1.51. The van der Waals surface area contributed by atoms with E-state index >= 15 is 0 Å². The Morgan fingerprint density at radius 3 is 2.35 bits per heavy atom. The van der Waals surface area contributed by atoms with Gasteiger partial charge in [0, 0.05) is 26.6 Å². The van der Waals surface area contributed by atoms with Gasteiger partial charge in [0.1, 0.15) is 5.82 Å². The lowest BCUT2D eigenvalue weighted by Gasteiger charge is -2.07. The fourth-order valence-electron chi connectivity index (χ4n) is 2.48. The Kier molecular flexibility index (Phi) is 4.08. The molecule has 0 aliphatic rings. The van der Waals surface area contributed by atoms with E-state index in [0.717, 1.165) is 16.8 Å². The minimum absolute atomic E-state index is 0.289. The summed E-state index contributed by atoms with van der Waals surface area (Å²) in [6.45, 7) is 5.54. The highest BCUT2D eigenvalue weighted by Gasteiger charge is 2.18. The third-order valence-electron chi connectivity index (χ3n) is 3.55. The van der Waals surface area contributed by atoms with Gasteiger partial charge in [-0.05, 0) is 26.8 Å². The van der Waals surface area contributed by atoms with E-state index in [1.807, 2.05) is 18.4 Å². The first-order valence-electron chi connectivity index (χ1n) is 6.95. The van der Waals surface area contributed by atoms with Gasteiger partial charge in [-0.25, -0.2) is 9.78 Å². The number of hydrogen-bond donors (Lipinski definition) is 1. The Balaban J connectivity index is 2.86. The molecule has 0 radical (unpaired) electrons. The Morgan fingerprint density at radius 1 is 1.15 bits per heavy atom. The maximum atomic E-state index is 12.3. The largest absolute Gasteiger partial charge is 0.332 e. The Hall–Kier alpha value is -1.89. The Labute approximate surface area is 116 Å². The molecule has 2 aromatic heterocycles. The van der Waals surface area contributed by atoms with Crippen molar-refractivity contribution in [3.8, 4) is 0 Å². The van der Waals surface area contributed by atoms with Crippen molar-refractivity contribution >= 4 is 11.2 Å². The Bertz CT molecular complexity index is 738. The Morgan fingerprint density at radius 2 is 1.80 bits per heavy atom. The van der Waals surface area contributed by atoms with Crippen molar-refractivity contribution in [3.05, 3.63) is 26.7 Å². The van der Waals surface area contributed by atoms with E-state index in [4.69, 9.17) is 5.73 Å². The molecular weight excluding hydrogens is 258 g/mol. The van der Waals surface area contributed by atoms with E-state index in [1.54, 1.807) is 0 Å². The molecule has 7 nitrogen and oxygen atoms in total. The summed E-state index contributed by atoms with van der Waals surface area (Å²) < 4.78 is 4.57. The molecule has 0 spiro atoms. The number of fused-ring (bicyclic) bond motifs is 1. The molecule has 2 heterocycles. The van der Waals surface area contributed by atoms with Crippen LogP contribution in [-0.2, 0) is 26.6 Å². The lowest BCUT2D eigenvalue weighted by atomic mass is 10.3. The summed E-state index contributed by atoms with van der Waals surface area (Å²) in [5, 5.41) is 0. The van der Waals surface area contributed by atoms with Gasteiger partial charge < -0.3 is 10.3 Å². The molecule has 2 rings (SSSR count). The SMILES string of the molecule is CCn1c(CCCN)nc2c1c(=O)n(C)c(=O)n2CC. The van der Waals surface area contributed by atoms with E-state index in [-0.39, 0.29) is 11.2 Å². The molecule has 0 amide bonds. The van der Waals surface area contributed by atoms with Crippen molar-refractivity contribution in [3.63, 3.8) is 0 Å². The van der Waals surface area contributed by atoms with Gasteiger partial charge in [-0.15, -0.1) is 0 Å². The van der Waals surface area contributed by atoms with Crippen LogP contribution >= 0.6 is 0 Å². The molecular formula is C13H21N5O2. The van der Waals surface area contributed by atoms with Gasteiger partial charge in [0.15, 0.2) is 11.2 Å². The number of imidazole rings is 1. The number of aromatic nitrogens is 4. The molecule has 0 aliphatic heterocycles. The zero-order valence-corrected chi connectivity index (χ0v) is 12.2. The fraction of sp³-hybridized carbons (Fsp3) is 0.615. The van der Waals surface area contributed by atoms with Gasteiger partial charge in [0.05, 0.1) is 0 Å². The molecule has 2 N–H and O–H groups in total. The van der Waals surface area contributed by atoms with E-state index in [0.29, 0.717) is 37.2 Å². The average Bonchev–Trinajstić information content (AvgIpc) is 2.81. The van der Waals surface area contributed by atoms with Crippen molar-refractivity contribution in [2.45, 2.75) is 39.8 Å². The van der Waals surface area contributed by atoms with Crippen molar-refractivity contribution < 1.29 is 0 Å². The molecule has 20 heavy (non-hydrogen) atoms. The van der Waals surface area contributed by atoms with E-state index < -0.39 is 0 Å². The predicted molar refractivity (Wildman–Crippen MR) is 78.0 cm³/mol. The molecule has 0 fully saturated rings. The number of nitrogens with two attached hydrogens (primary N) is 1. The first-order chi connectivity index (χ1) is 9.56. The normalized spacial score (nSPS) is 11.4. The molecule has 0 atom stereocenters.